The van der Waals surface area contributed by atoms with E-state index in [4.69, 9.17) is 0 Å². The Bertz CT molecular complexity index is 1190. The molecule has 3 atom stereocenters. The molecule has 1 fully saturated rings. The van der Waals surface area contributed by atoms with E-state index >= 15 is 0 Å². The number of hydrogen-bond acceptors (Lipinski definition) is 3. The fraction of sp³-hybridized carbons (Fsp3) is 0.267. The second-order valence-corrected chi connectivity index (χ2v) is 9.38. The second kappa shape index (κ2) is 9.40. The monoisotopic (exact) mass is 451 g/mol. The molecule has 5 rings (SSSR count). The van der Waals surface area contributed by atoms with Gasteiger partial charge in [-0.1, -0.05) is 97.1 Å². The number of rotatable bonds is 6. The van der Waals surface area contributed by atoms with Gasteiger partial charge in [-0.25, -0.2) is 0 Å². The van der Waals surface area contributed by atoms with Crippen LogP contribution >= 0.6 is 0 Å². The molecule has 4 nitrogen and oxygen atoms in total. The summed E-state index contributed by atoms with van der Waals surface area (Å²) in [6.07, 6.45) is 3.17. The molecule has 0 saturated carbocycles. The lowest BCUT2D eigenvalue weighted by Gasteiger charge is -2.43. The number of aryl methyl sites for hydroxylation is 1. The van der Waals surface area contributed by atoms with Crippen LogP contribution in [0.1, 0.15) is 35.4 Å². The van der Waals surface area contributed by atoms with Crippen molar-refractivity contribution in [3.05, 3.63) is 119 Å². The summed E-state index contributed by atoms with van der Waals surface area (Å²) in [5.41, 5.74) is 2.84. The predicted molar refractivity (Wildman–Crippen MR) is 132 cm³/mol. The van der Waals surface area contributed by atoms with Crippen molar-refractivity contribution in [1.29, 1.82) is 0 Å². The number of aliphatic hydroxyl groups excluding tert-OH is 1. The van der Waals surface area contributed by atoms with E-state index in [0.717, 1.165) is 23.1 Å². The Morgan fingerprint density at radius 2 is 1.38 bits per heavy atom. The summed E-state index contributed by atoms with van der Waals surface area (Å²) in [4.78, 5) is 28.6. The molecule has 3 aromatic carbocycles. The first-order valence-corrected chi connectivity index (χ1v) is 11.9. The summed E-state index contributed by atoms with van der Waals surface area (Å²) in [5, 5.41) is 11.7. The maximum absolute atomic E-state index is 13.7. The van der Waals surface area contributed by atoms with E-state index < -0.39 is 23.2 Å². The molecule has 0 radical (unpaired) electrons. The Hall–Kier alpha value is -3.50. The van der Waals surface area contributed by atoms with Crippen LogP contribution in [0.25, 0.3) is 0 Å². The number of ketones is 1. The van der Waals surface area contributed by atoms with Crippen LogP contribution in [-0.2, 0) is 22.6 Å². The zero-order valence-corrected chi connectivity index (χ0v) is 19.1. The minimum Gasteiger partial charge on any atom is -0.388 e. The quantitative estimate of drug-likeness (QED) is 0.437. The van der Waals surface area contributed by atoms with Crippen molar-refractivity contribution in [2.24, 2.45) is 5.41 Å². The third-order valence-corrected chi connectivity index (χ3v) is 7.40. The topological polar surface area (TPSA) is 57.6 Å². The first-order valence-electron chi connectivity index (χ1n) is 11.9. The zero-order valence-electron chi connectivity index (χ0n) is 19.1. The number of hydrogen-bond donors (Lipinski definition) is 1. The van der Waals surface area contributed by atoms with Crippen molar-refractivity contribution in [2.75, 3.05) is 6.54 Å². The Balaban J connectivity index is 1.48. The fourth-order valence-electron chi connectivity index (χ4n) is 5.62. The van der Waals surface area contributed by atoms with Crippen LogP contribution in [0.3, 0.4) is 0 Å². The van der Waals surface area contributed by atoms with Gasteiger partial charge in [-0.15, -0.1) is 0 Å². The summed E-state index contributed by atoms with van der Waals surface area (Å²) in [6, 6.07) is 29.7. The van der Waals surface area contributed by atoms with E-state index in [1.54, 1.807) is 4.90 Å². The number of benzene rings is 3. The molecule has 1 amide bonds. The third-order valence-electron chi connectivity index (χ3n) is 7.40. The normalized spacial score (nSPS) is 24.5. The molecule has 2 aliphatic rings. The summed E-state index contributed by atoms with van der Waals surface area (Å²) in [5.74, 6) is -1.20. The van der Waals surface area contributed by atoms with E-state index in [9.17, 15) is 14.7 Å². The van der Waals surface area contributed by atoms with Crippen molar-refractivity contribution in [3.63, 3.8) is 0 Å². The number of Topliss-reactive ketones (excluding diaryl/α,β-unsaturated/α-hetero) is 1. The molecule has 1 saturated heterocycles. The lowest BCUT2D eigenvalue weighted by molar-refractivity contribution is -0.145. The molecule has 4 heteroatoms. The van der Waals surface area contributed by atoms with E-state index in [1.807, 2.05) is 78.9 Å². The minimum absolute atomic E-state index is 0.225. The number of aliphatic hydroxyl groups is 1. The number of likely N-dealkylation sites (tertiary alicyclic amines) is 1. The Morgan fingerprint density at radius 3 is 2.03 bits per heavy atom. The van der Waals surface area contributed by atoms with Crippen molar-refractivity contribution in [2.45, 2.75) is 37.8 Å². The summed E-state index contributed by atoms with van der Waals surface area (Å²) in [6.45, 7) is 0.591. The predicted octanol–water partition coefficient (Wildman–Crippen LogP) is 4.69. The minimum atomic E-state index is -1.17. The molecule has 1 aliphatic carbocycles. The van der Waals surface area contributed by atoms with Gasteiger partial charge in [-0.3, -0.25) is 9.59 Å². The summed E-state index contributed by atoms with van der Waals surface area (Å²) in [7, 11) is 0. The van der Waals surface area contributed by atoms with Crippen LogP contribution < -0.4 is 0 Å². The van der Waals surface area contributed by atoms with Crippen LogP contribution in [0.4, 0.5) is 0 Å². The molecule has 0 aromatic heterocycles. The highest BCUT2D eigenvalue weighted by atomic mass is 16.3. The van der Waals surface area contributed by atoms with Crippen LogP contribution in [0, 0.1) is 5.41 Å². The zero-order chi connectivity index (χ0) is 23.5. The van der Waals surface area contributed by atoms with Gasteiger partial charge in [0.05, 0.1) is 11.5 Å². The number of amides is 1. The number of allylic oxidation sites excluding steroid dienone is 1. The Morgan fingerprint density at radius 1 is 0.794 bits per heavy atom. The standard InChI is InChI=1S/C30H29NO3/c32-27-25(17-16-22-10-4-1-5-11-22)18-19-26(24-14-8-3-9-15-24)30(27)21-31(29(34)28(30)33)20-23-12-6-2-7-13-23/h1-15,18,26-27,32H,16-17,19-21H2/t26-,27+,30+/m1/s1. The average molecular weight is 452 g/mol. The smallest absolute Gasteiger partial charge is 0.291 e. The SMILES string of the molecule is O=C1C(=O)[C@@]2(CN1Cc1ccccc1)[C@@H](c1ccccc1)CC=C(CCc1ccccc1)[C@@H]2O. The molecule has 172 valence electrons. The van der Waals surface area contributed by atoms with Crippen LogP contribution in [0.5, 0.6) is 0 Å². The number of carbonyl (C=O) groups is 2. The van der Waals surface area contributed by atoms with E-state index in [-0.39, 0.29) is 12.5 Å². The van der Waals surface area contributed by atoms with Gasteiger partial charge in [-0.05, 0) is 41.5 Å². The van der Waals surface area contributed by atoms with Gasteiger partial charge in [0.25, 0.3) is 5.91 Å². The molecule has 0 unspecified atom stereocenters. The van der Waals surface area contributed by atoms with Gasteiger partial charge >= 0.3 is 0 Å². The summed E-state index contributed by atoms with van der Waals surface area (Å²) < 4.78 is 0. The van der Waals surface area contributed by atoms with Gasteiger partial charge in [0.15, 0.2) is 0 Å². The second-order valence-electron chi connectivity index (χ2n) is 9.38. The molecular weight excluding hydrogens is 422 g/mol. The van der Waals surface area contributed by atoms with E-state index in [1.165, 1.54) is 5.56 Å². The van der Waals surface area contributed by atoms with Gasteiger partial charge in [0.2, 0.25) is 5.78 Å². The van der Waals surface area contributed by atoms with Crippen molar-refractivity contribution in [1.82, 2.24) is 4.90 Å². The number of carbonyl (C=O) groups excluding carboxylic acids is 2. The Labute approximate surface area is 200 Å². The third kappa shape index (κ3) is 3.99. The van der Waals surface area contributed by atoms with Gasteiger partial charge in [0.1, 0.15) is 0 Å². The van der Waals surface area contributed by atoms with Crippen LogP contribution in [0.15, 0.2) is 103 Å². The summed E-state index contributed by atoms with van der Waals surface area (Å²) >= 11 is 0. The molecule has 1 heterocycles. The number of nitrogens with zero attached hydrogens (tertiary/aromatic N) is 1. The fourth-order valence-corrected chi connectivity index (χ4v) is 5.62. The van der Waals surface area contributed by atoms with Crippen molar-refractivity contribution < 1.29 is 14.7 Å². The lowest BCUT2D eigenvalue weighted by atomic mass is 9.60. The van der Waals surface area contributed by atoms with Gasteiger partial charge in [0, 0.05) is 19.0 Å². The first-order chi connectivity index (χ1) is 16.6. The van der Waals surface area contributed by atoms with Gasteiger partial charge in [-0.2, -0.15) is 0 Å². The molecular formula is C30H29NO3. The van der Waals surface area contributed by atoms with E-state index in [2.05, 4.69) is 18.2 Å². The van der Waals surface area contributed by atoms with Gasteiger partial charge < -0.3 is 10.0 Å². The Kier molecular flexibility index (Phi) is 6.16. The van der Waals surface area contributed by atoms with Crippen LogP contribution in [0.2, 0.25) is 0 Å². The highest BCUT2D eigenvalue weighted by Crippen LogP contribution is 2.52. The molecule has 1 N–H and O–H groups in total. The lowest BCUT2D eigenvalue weighted by Crippen LogP contribution is -2.50. The highest BCUT2D eigenvalue weighted by molar-refractivity contribution is 6.40. The van der Waals surface area contributed by atoms with Crippen molar-refractivity contribution in [3.8, 4) is 0 Å². The molecule has 1 spiro atoms. The van der Waals surface area contributed by atoms with Crippen molar-refractivity contribution >= 4 is 11.7 Å². The van der Waals surface area contributed by atoms with E-state index in [0.29, 0.717) is 19.4 Å². The molecule has 1 aliphatic heterocycles. The average Bonchev–Trinajstić information content (AvgIpc) is 3.12. The molecule has 0 bridgehead atoms. The maximum Gasteiger partial charge on any atom is 0.291 e. The largest absolute Gasteiger partial charge is 0.388 e. The van der Waals surface area contributed by atoms with Crippen LogP contribution in [-0.4, -0.2) is 34.3 Å². The molecule has 34 heavy (non-hydrogen) atoms. The molecule has 3 aromatic rings. The maximum atomic E-state index is 13.7. The first kappa shape index (κ1) is 22.3. The highest BCUT2D eigenvalue weighted by Gasteiger charge is 2.61.